The number of rotatable bonds is 4. The summed E-state index contributed by atoms with van der Waals surface area (Å²) in [5.41, 5.74) is -0.166. The Morgan fingerprint density at radius 1 is 1.37 bits per heavy atom. The molecule has 1 amide bonds. The molecule has 11 heteroatoms. The van der Waals surface area contributed by atoms with Crippen LogP contribution in [0, 0.1) is 5.82 Å². The van der Waals surface area contributed by atoms with Crippen molar-refractivity contribution < 1.29 is 31.7 Å². The van der Waals surface area contributed by atoms with E-state index in [1.54, 1.807) is 0 Å². The van der Waals surface area contributed by atoms with Gasteiger partial charge in [-0.1, -0.05) is 10.3 Å². The molecule has 0 saturated carbocycles. The van der Waals surface area contributed by atoms with E-state index in [1.807, 2.05) is 19.2 Å². The highest BCUT2D eigenvalue weighted by Crippen LogP contribution is 2.32. The van der Waals surface area contributed by atoms with Crippen LogP contribution in [-0.4, -0.2) is 27.9 Å². The number of benzene rings is 1. The second kappa shape index (κ2) is 7.02. The average molecular weight is 405 g/mol. The summed E-state index contributed by atoms with van der Waals surface area (Å²) < 4.78 is 56.0. The lowest BCUT2D eigenvalue weighted by molar-refractivity contribution is -0.150. The minimum Gasteiger partial charge on any atom is -0.389 e. The van der Waals surface area contributed by atoms with Crippen LogP contribution in [0.5, 0.6) is 0 Å². The molecule has 1 aromatic carbocycles. The van der Waals surface area contributed by atoms with Gasteiger partial charge in [0.25, 0.3) is 0 Å². The fourth-order valence-electron chi connectivity index (χ4n) is 2.42. The van der Waals surface area contributed by atoms with E-state index >= 15 is 0 Å². The minimum absolute atomic E-state index is 0.152. The van der Waals surface area contributed by atoms with Crippen molar-refractivity contribution in [1.29, 1.82) is 0 Å². The van der Waals surface area contributed by atoms with Crippen LogP contribution >= 0.6 is 11.8 Å². The van der Waals surface area contributed by atoms with Gasteiger partial charge in [0.1, 0.15) is 28.6 Å². The van der Waals surface area contributed by atoms with Gasteiger partial charge in [-0.2, -0.15) is 13.2 Å². The number of hydrogen-bond acceptors (Lipinski definition) is 6. The fraction of sp³-hybridized carbons (Fsp3) is 0.438. The van der Waals surface area contributed by atoms with Crippen LogP contribution in [0.25, 0.3) is 11.0 Å². The smallest absolute Gasteiger partial charge is 0.389 e. The highest BCUT2D eigenvalue weighted by Gasteiger charge is 2.32. The lowest BCUT2D eigenvalue weighted by Crippen LogP contribution is -2.21. The van der Waals surface area contributed by atoms with Crippen molar-refractivity contribution in [3.8, 4) is 0 Å². The number of anilines is 1. The van der Waals surface area contributed by atoms with Crippen molar-refractivity contribution in [3.05, 3.63) is 23.6 Å². The van der Waals surface area contributed by atoms with Gasteiger partial charge in [0.15, 0.2) is 5.58 Å². The largest absolute Gasteiger partial charge is 0.397 e. The Morgan fingerprint density at radius 2 is 2.11 bits per heavy atom. The summed E-state index contributed by atoms with van der Waals surface area (Å²) in [6.07, 6.45) is -5.75. The Hall–Kier alpha value is -2.30. The zero-order valence-corrected chi connectivity index (χ0v) is 15.1. The number of fused-ring (bicyclic) bond motifs is 1. The number of carbonyl (C=O) groups is 1. The van der Waals surface area contributed by atoms with Gasteiger partial charge in [0.05, 0.1) is 5.69 Å². The maximum absolute atomic E-state index is 14.2. The molecule has 2 aromatic rings. The predicted octanol–water partition coefficient (Wildman–Crippen LogP) is 4.60. The van der Waals surface area contributed by atoms with Gasteiger partial charge >= 0.3 is 6.18 Å². The number of alkyl halides is 3. The van der Waals surface area contributed by atoms with Gasteiger partial charge in [0.2, 0.25) is 5.91 Å². The highest BCUT2D eigenvalue weighted by atomic mass is 32.2. The van der Waals surface area contributed by atoms with Crippen LogP contribution in [0.3, 0.4) is 0 Å². The number of nitrogens with zero attached hydrogens (tertiary/aromatic N) is 2. The van der Waals surface area contributed by atoms with Crippen molar-refractivity contribution in [2.75, 3.05) is 5.32 Å². The Balaban J connectivity index is 1.72. The van der Waals surface area contributed by atoms with Crippen LogP contribution in [0.15, 0.2) is 21.8 Å². The second-order valence-corrected chi connectivity index (χ2v) is 7.65. The zero-order valence-electron chi connectivity index (χ0n) is 14.3. The number of amides is 1. The Kier molecular flexibility index (Phi) is 5.06. The van der Waals surface area contributed by atoms with Crippen LogP contribution < -0.4 is 5.32 Å². The molecule has 3 rings (SSSR count). The number of carbonyl (C=O) groups excluding carboxylic acids is 1. The second-order valence-electron chi connectivity index (χ2n) is 6.60. The minimum atomic E-state index is -4.68. The van der Waals surface area contributed by atoms with Crippen molar-refractivity contribution in [2.45, 2.75) is 44.2 Å². The summed E-state index contributed by atoms with van der Waals surface area (Å²) in [5.74, 6) is -1.89. The number of oxime groups is 1. The van der Waals surface area contributed by atoms with Gasteiger partial charge < -0.3 is 14.7 Å². The van der Waals surface area contributed by atoms with Gasteiger partial charge in [-0.25, -0.2) is 4.39 Å². The molecule has 0 radical (unpaired) electrons. The first-order valence-corrected chi connectivity index (χ1v) is 8.83. The lowest BCUT2D eigenvalue weighted by Gasteiger charge is -2.12. The number of nitrogens with one attached hydrogen (secondary N) is 1. The van der Waals surface area contributed by atoms with Gasteiger partial charge in [-0.3, -0.25) is 4.79 Å². The van der Waals surface area contributed by atoms with Gasteiger partial charge in [0, 0.05) is 23.6 Å². The van der Waals surface area contributed by atoms with E-state index in [0.717, 1.165) is 17.2 Å². The van der Waals surface area contributed by atoms with Crippen LogP contribution in [0.1, 0.15) is 32.4 Å². The van der Waals surface area contributed by atoms with E-state index in [4.69, 9.17) is 9.36 Å². The molecule has 2 heterocycles. The summed E-state index contributed by atoms with van der Waals surface area (Å²) in [5, 5.41) is 10.9. The van der Waals surface area contributed by atoms with E-state index in [1.165, 1.54) is 11.8 Å². The molecule has 0 fully saturated rings. The first-order chi connectivity index (χ1) is 12.5. The Labute approximate surface area is 155 Å². The normalized spacial score (nSPS) is 16.3. The molecule has 1 aliphatic heterocycles. The molecule has 0 aliphatic carbocycles. The standard InChI is InChI=1S/C16H15F4N3O3S/c1-15(2)6-14(23-26-15)27-7-11-8-3-9(17)10(4-12(8)25-22-11)21-13(24)5-16(18,19)20/h3-4H,5-7H2,1-2H3,(H,21,24). The number of hydrogen-bond donors (Lipinski definition) is 1. The summed E-state index contributed by atoms with van der Waals surface area (Å²) in [6, 6.07) is 2.18. The fourth-order valence-corrected chi connectivity index (χ4v) is 3.47. The number of halogens is 4. The monoisotopic (exact) mass is 405 g/mol. The third-order valence-electron chi connectivity index (χ3n) is 3.62. The third kappa shape index (κ3) is 4.90. The van der Waals surface area contributed by atoms with E-state index in [-0.39, 0.29) is 11.2 Å². The average Bonchev–Trinajstić information content (AvgIpc) is 3.06. The summed E-state index contributed by atoms with van der Waals surface area (Å²) >= 11 is 1.37. The van der Waals surface area contributed by atoms with E-state index in [2.05, 4.69) is 10.3 Å². The molecule has 1 aliphatic rings. The summed E-state index contributed by atoms with van der Waals surface area (Å²) in [7, 11) is 0. The molecule has 0 bridgehead atoms. The van der Waals surface area contributed by atoms with Crippen LogP contribution in [0.2, 0.25) is 0 Å². The van der Waals surface area contributed by atoms with Crippen LogP contribution in [-0.2, 0) is 15.4 Å². The molecule has 0 atom stereocenters. The molecule has 27 heavy (non-hydrogen) atoms. The van der Waals surface area contributed by atoms with Crippen molar-refractivity contribution in [2.24, 2.45) is 5.16 Å². The van der Waals surface area contributed by atoms with Crippen molar-refractivity contribution in [3.63, 3.8) is 0 Å². The third-order valence-corrected chi connectivity index (χ3v) is 4.59. The first-order valence-electron chi connectivity index (χ1n) is 7.85. The Morgan fingerprint density at radius 3 is 2.74 bits per heavy atom. The quantitative estimate of drug-likeness (QED) is 0.752. The maximum Gasteiger partial charge on any atom is 0.397 e. The number of thioether (sulfide) groups is 1. The lowest BCUT2D eigenvalue weighted by atomic mass is 10.1. The molecule has 146 valence electrons. The molecule has 1 aromatic heterocycles. The highest BCUT2D eigenvalue weighted by molar-refractivity contribution is 8.13. The SMILES string of the molecule is CC1(C)CC(SCc2noc3cc(NC(=O)CC(F)(F)F)c(F)cc23)=NO1. The van der Waals surface area contributed by atoms with Crippen molar-refractivity contribution >= 4 is 39.4 Å². The zero-order chi connectivity index (χ0) is 19.8. The topological polar surface area (TPSA) is 76.7 Å². The van der Waals surface area contributed by atoms with E-state index < -0.39 is 30.0 Å². The van der Waals surface area contributed by atoms with Gasteiger partial charge in [-0.05, 0) is 19.9 Å². The van der Waals surface area contributed by atoms with Gasteiger partial charge in [-0.15, -0.1) is 11.8 Å². The van der Waals surface area contributed by atoms with Crippen LogP contribution in [0.4, 0.5) is 23.2 Å². The predicted molar refractivity (Wildman–Crippen MR) is 91.8 cm³/mol. The molecular weight excluding hydrogens is 390 g/mol. The molecule has 0 unspecified atom stereocenters. The summed E-state index contributed by atoms with van der Waals surface area (Å²) in [4.78, 5) is 16.6. The molecular formula is C16H15F4N3O3S. The maximum atomic E-state index is 14.2. The number of aromatic nitrogens is 1. The first kappa shape index (κ1) is 19.5. The molecule has 0 spiro atoms. The molecule has 1 N–H and O–H groups in total. The van der Waals surface area contributed by atoms with E-state index in [0.29, 0.717) is 23.3 Å². The summed E-state index contributed by atoms with van der Waals surface area (Å²) in [6.45, 7) is 3.80. The molecule has 0 saturated heterocycles. The Bertz CT molecular complexity index is 908. The van der Waals surface area contributed by atoms with Crippen molar-refractivity contribution in [1.82, 2.24) is 5.16 Å². The molecule has 6 nitrogen and oxygen atoms in total. The van der Waals surface area contributed by atoms with E-state index in [9.17, 15) is 22.4 Å².